The Bertz CT molecular complexity index is 604. The van der Waals surface area contributed by atoms with Crippen molar-refractivity contribution in [3.8, 4) is 5.75 Å². The van der Waals surface area contributed by atoms with Crippen LogP contribution in [0.15, 0.2) is 40.9 Å². The van der Waals surface area contributed by atoms with Gasteiger partial charge in [0.2, 0.25) is 0 Å². The number of ether oxygens (including phenoxy) is 1. The van der Waals surface area contributed by atoms with Gasteiger partial charge in [-0.3, -0.25) is 0 Å². The number of hydrogen-bond donors (Lipinski definition) is 1. The third-order valence-electron chi connectivity index (χ3n) is 2.89. The second-order valence-corrected chi connectivity index (χ2v) is 5.15. The quantitative estimate of drug-likeness (QED) is 0.886. The van der Waals surface area contributed by atoms with Crippen molar-refractivity contribution in [1.82, 2.24) is 5.32 Å². The summed E-state index contributed by atoms with van der Waals surface area (Å²) >= 11 is 3.44. The molecular weight excluding hydrogens is 328 g/mol. The van der Waals surface area contributed by atoms with E-state index in [0.717, 1.165) is 27.9 Å². The average Bonchev–Trinajstić information content (AvgIpc) is 2.44. The molecule has 0 aliphatic heterocycles. The van der Waals surface area contributed by atoms with Crippen molar-refractivity contribution in [3.05, 3.63) is 63.6 Å². The van der Waals surface area contributed by atoms with Gasteiger partial charge in [0, 0.05) is 23.1 Å². The molecule has 0 radical (unpaired) electrons. The lowest BCUT2D eigenvalue weighted by molar-refractivity contribution is 0.414. The Morgan fingerprint density at radius 3 is 2.55 bits per heavy atom. The van der Waals surface area contributed by atoms with E-state index in [2.05, 4.69) is 21.2 Å². The fraction of sp³-hybridized carbons (Fsp3) is 0.200. The molecule has 0 fully saturated rings. The minimum Gasteiger partial charge on any atom is -0.497 e. The molecule has 2 nitrogen and oxygen atoms in total. The molecule has 5 heteroatoms. The molecule has 0 spiro atoms. The number of hydrogen-bond acceptors (Lipinski definition) is 2. The van der Waals surface area contributed by atoms with Gasteiger partial charge in [0.05, 0.1) is 7.11 Å². The van der Waals surface area contributed by atoms with Crippen molar-refractivity contribution < 1.29 is 13.5 Å². The molecule has 106 valence electrons. The number of benzene rings is 2. The lowest BCUT2D eigenvalue weighted by atomic mass is 10.2. The van der Waals surface area contributed by atoms with Gasteiger partial charge >= 0.3 is 0 Å². The van der Waals surface area contributed by atoms with Gasteiger partial charge in [-0.25, -0.2) is 8.78 Å². The van der Waals surface area contributed by atoms with Gasteiger partial charge in [0.1, 0.15) is 17.4 Å². The zero-order valence-electron chi connectivity index (χ0n) is 10.9. The Labute approximate surface area is 124 Å². The van der Waals surface area contributed by atoms with Gasteiger partial charge in [0.15, 0.2) is 0 Å². The van der Waals surface area contributed by atoms with Gasteiger partial charge in [-0.2, -0.15) is 0 Å². The highest BCUT2D eigenvalue weighted by Crippen LogP contribution is 2.22. The molecular formula is C15H14BrF2NO. The summed E-state index contributed by atoms with van der Waals surface area (Å²) in [6.45, 7) is 0.779. The molecule has 0 unspecified atom stereocenters. The maximum atomic E-state index is 13.5. The van der Waals surface area contributed by atoms with Crippen molar-refractivity contribution in [3.63, 3.8) is 0 Å². The number of nitrogens with one attached hydrogen (secondary N) is 1. The predicted molar refractivity (Wildman–Crippen MR) is 77.6 cm³/mol. The summed E-state index contributed by atoms with van der Waals surface area (Å²) in [7, 11) is 1.60. The van der Waals surface area contributed by atoms with Crippen LogP contribution in [-0.4, -0.2) is 7.11 Å². The average molecular weight is 342 g/mol. The molecule has 0 aromatic heterocycles. The molecule has 0 saturated carbocycles. The van der Waals surface area contributed by atoms with E-state index in [0.29, 0.717) is 12.1 Å². The summed E-state index contributed by atoms with van der Waals surface area (Å²) in [5, 5.41) is 3.09. The van der Waals surface area contributed by atoms with Gasteiger partial charge < -0.3 is 10.1 Å². The van der Waals surface area contributed by atoms with Crippen LogP contribution in [0.2, 0.25) is 0 Å². The van der Waals surface area contributed by atoms with Crippen molar-refractivity contribution in [2.75, 3.05) is 7.11 Å². The minimum atomic E-state index is -0.439. The normalized spacial score (nSPS) is 10.6. The molecule has 0 aliphatic rings. The number of halogens is 3. The summed E-state index contributed by atoms with van der Waals surface area (Å²) in [5.74, 6) is -0.101. The first kappa shape index (κ1) is 14.9. The summed E-state index contributed by atoms with van der Waals surface area (Å²) in [6, 6.07) is 9.06. The maximum Gasteiger partial charge on any atom is 0.127 e. The van der Waals surface area contributed by atoms with Crippen molar-refractivity contribution in [2.45, 2.75) is 13.1 Å². The first-order chi connectivity index (χ1) is 9.60. The van der Waals surface area contributed by atoms with Gasteiger partial charge in [-0.05, 0) is 42.0 Å². The van der Waals surface area contributed by atoms with E-state index in [1.165, 1.54) is 6.07 Å². The van der Waals surface area contributed by atoms with Crippen LogP contribution in [0.3, 0.4) is 0 Å². The summed E-state index contributed by atoms with van der Waals surface area (Å²) in [6.07, 6.45) is 0. The highest BCUT2D eigenvalue weighted by molar-refractivity contribution is 9.10. The molecule has 0 aliphatic carbocycles. The topological polar surface area (TPSA) is 21.3 Å². The molecule has 0 heterocycles. The molecule has 1 N–H and O–H groups in total. The van der Waals surface area contributed by atoms with Crippen LogP contribution in [0, 0.1) is 11.6 Å². The second-order valence-electron chi connectivity index (χ2n) is 4.30. The fourth-order valence-electron chi connectivity index (χ4n) is 1.82. The SMILES string of the molecule is COc1ccc(Br)c(CNCc2cc(F)ccc2F)c1. The standard InChI is InChI=1S/C15H14BrF2NO/c1-20-13-3-4-14(16)10(7-13)8-19-9-11-6-12(17)2-5-15(11)18/h2-7,19H,8-9H2,1H3. The minimum absolute atomic E-state index is 0.257. The van der Waals surface area contributed by atoms with Gasteiger partial charge in [0.25, 0.3) is 0 Å². The van der Waals surface area contributed by atoms with Crippen LogP contribution in [0.4, 0.5) is 8.78 Å². The van der Waals surface area contributed by atoms with E-state index in [9.17, 15) is 8.78 Å². The van der Waals surface area contributed by atoms with Crippen LogP contribution in [0.5, 0.6) is 5.75 Å². The van der Waals surface area contributed by atoms with Crippen LogP contribution in [-0.2, 0) is 13.1 Å². The molecule has 20 heavy (non-hydrogen) atoms. The van der Waals surface area contributed by atoms with E-state index in [4.69, 9.17) is 4.74 Å². The summed E-state index contributed by atoms with van der Waals surface area (Å²) in [4.78, 5) is 0. The third-order valence-corrected chi connectivity index (χ3v) is 3.67. The monoisotopic (exact) mass is 341 g/mol. The predicted octanol–water partition coefficient (Wildman–Crippen LogP) is 4.03. The molecule has 2 rings (SSSR count). The highest BCUT2D eigenvalue weighted by Gasteiger charge is 2.05. The zero-order valence-corrected chi connectivity index (χ0v) is 12.5. The van der Waals surface area contributed by atoms with E-state index >= 15 is 0 Å². The first-order valence-electron chi connectivity index (χ1n) is 6.07. The molecule has 0 atom stereocenters. The molecule has 0 saturated heterocycles. The molecule has 2 aromatic carbocycles. The Morgan fingerprint density at radius 2 is 1.80 bits per heavy atom. The second kappa shape index (κ2) is 6.81. The smallest absolute Gasteiger partial charge is 0.127 e. The maximum absolute atomic E-state index is 13.5. The van der Waals surface area contributed by atoms with Crippen molar-refractivity contribution >= 4 is 15.9 Å². The Hall–Kier alpha value is -1.46. The number of methoxy groups -OCH3 is 1. The van der Waals surface area contributed by atoms with E-state index in [-0.39, 0.29) is 6.54 Å². The number of rotatable bonds is 5. The zero-order chi connectivity index (χ0) is 14.5. The lowest BCUT2D eigenvalue weighted by Gasteiger charge is -2.09. The van der Waals surface area contributed by atoms with Crippen molar-refractivity contribution in [2.24, 2.45) is 0 Å². The van der Waals surface area contributed by atoms with Gasteiger partial charge in [-0.15, -0.1) is 0 Å². The molecule has 0 bridgehead atoms. The lowest BCUT2D eigenvalue weighted by Crippen LogP contribution is -2.14. The fourth-order valence-corrected chi connectivity index (χ4v) is 2.21. The van der Waals surface area contributed by atoms with Crippen LogP contribution in [0.25, 0.3) is 0 Å². The summed E-state index contributed by atoms with van der Waals surface area (Å²) < 4.78 is 32.6. The molecule has 2 aromatic rings. The molecule has 0 amide bonds. The van der Waals surface area contributed by atoms with Crippen LogP contribution in [0.1, 0.15) is 11.1 Å². The Morgan fingerprint density at radius 1 is 1.05 bits per heavy atom. The van der Waals surface area contributed by atoms with Crippen LogP contribution >= 0.6 is 15.9 Å². The Balaban J connectivity index is 2.01. The van der Waals surface area contributed by atoms with E-state index < -0.39 is 11.6 Å². The third kappa shape index (κ3) is 3.77. The summed E-state index contributed by atoms with van der Waals surface area (Å²) in [5.41, 5.74) is 1.30. The van der Waals surface area contributed by atoms with Crippen LogP contribution < -0.4 is 10.1 Å². The highest BCUT2D eigenvalue weighted by atomic mass is 79.9. The largest absolute Gasteiger partial charge is 0.497 e. The van der Waals surface area contributed by atoms with Gasteiger partial charge in [-0.1, -0.05) is 15.9 Å². The van der Waals surface area contributed by atoms with Crippen molar-refractivity contribution in [1.29, 1.82) is 0 Å². The van der Waals surface area contributed by atoms with E-state index in [1.54, 1.807) is 7.11 Å². The van der Waals surface area contributed by atoms with E-state index in [1.807, 2.05) is 18.2 Å². The Kier molecular flexibility index (Phi) is 5.09. The first-order valence-corrected chi connectivity index (χ1v) is 6.86.